The maximum Gasteiger partial charge on any atom is 0.179 e. The number of hydrogen-bond acceptors (Lipinski definition) is 1. The minimum absolute atomic E-state index is 0.0904. The molecular formula is C60H41NSSi. The molecule has 296 valence electrons. The van der Waals surface area contributed by atoms with Crippen LogP contribution in [-0.4, -0.2) is 12.6 Å². The molecule has 10 aromatic carbocycles. The van der Waals surface area contributed by atoms with E-state index in [9.17, 15) is 5.48 Å². The summed E-state index contributed by atoms with van der Waals surface area (Å²) in [5.41, 5.74) is 3.95. The van der Waals surface area contributed by atoms with Crippen LogP contribution in [-0.2, 0) is 0 Å². The van der Waals surface area contributed by atoms with Gasteiger partial charge in [0.15, 0.2) is 8.07 Å². The summed E-state index contributed by atoms with van der Waals surface area (Å²) in [5, 5.41) is 7.66. The van der Waals surface area contributed by atoms with Crippen molar-refractivity contribution in [2.45, 2.75) is 0 Å². The quantitative estimate of drug-likeness (QED) is 0.106. The average molecular weight is 846 g/mol. The summed E-state index contributed by atoms with van der Waals surface area (Å²) in [5.74, 6) is 0. The molecule has 0 aliphatic carbocycles. The summed E-state index contributed by atoms with van der Waals surface area (Å²) in [6.45, 7) is 0. The molecule has 0 fully saturated rings. The minimum Gasteiger partial charge on any atom is -0.308 e. The molecule has 0 spiro atoms. The highest BCUT2D eigenvalue weighted by Gasteiger charge is 2.42. The Labute approximate surface area is 386 Å². The molecule has 0 saturated heterocycles. The minimum atomic E-state index is -3.58. The zero-order chi connectivity index (χ0) is 50.4. The first-order valence-corrected chi connectivity index (χ1v) is 23.7. The molecule has 0 saturated carbocycles. The van der Waals surface area contributed by atoms with Gasteiger partial charge in [0.1, 0.15) is 0 Å². The maximum atomic E-state index is 9.69. The summed E-state index contributed by atoms with van der Waals surface area (Å²) in [7, 11) is -3.58. The van der Waals surface area contributed by atoms with Crippen LogP contribution in [0.4, 0.5) is 0 Å². The lowest BCUT2D eigenvalue weighted by Crippen LogP contribution is -2.74. The molecule has 0 aliphatic rings. The summed E-state index contributed by atoms with van der Waals surface area (Å²) < 4.78 is 97.0. The Kier molecular flexibility index (Phi) is 6.88. The van der Waals surface area contributed by atoms with Crippen molar-refractivity contribution in [3.05, 3.63) is 248 Å². The highest BCUT2D eigenvalue weighted by Crippen LogP contribution is 2.43. The number of thiophene rings is 1. The largest absolute Gasteiger partial charge is 0.308 e. The van der Waals surface area contributed by atoms with E-state index in [4.69, 9.17) is 8.22 Å². The molecule has 0 aliphatic heterocycles. The lowest BCUT2D eigenvalue weighted by Gasteiger charge is -2.36. The first-order chi connectivity index (χ1) is 35.4. The average Bonchev–Trinajstić information content (AvgIpc) is 3.97. The Hall–Kier alpha value is -7.56. The van der Waals surface area contributed by atoms with Gasteiger partial charge < -0.3 is 4.57 Å². The Bertz CT molecular complexity index is 3970. The van der Waals surface area contributed by atoms with Crippen molar-refractivity contribution in [2.24, 2.45) is 0 Å². The van der Waals surface area contributed by atoms with Crippen molar-refractivity contribution in [2.75, 3.05) is 0 Å². The summed E-state index contributed by atoms with van der Waals surface area (Å²) in [4.78, 5) is 0. The third-order valence-corrected chi connectivity index (χ3v) is 18.2. The number of benzene rings is 10. The molecule has 2 aromatic heterocycles. The van der Waals surface area contributed by atoms with Crippen LogP contribution in [0.2, 0.25) is 0 Å². The van der Waals surface area contributed by atoms with Gasteiger partial charge in [0.05, 0.1) is 30.4 Å². The second kappa shape index (κ2) is 15.4. The van der Waals surface area contributed by atoms with Gasteiger partial charge in [-0.1, -0.05) is 212 Å². The van der Waals surface area contributed by atoms with Crippen molar-refractivity contribution in [3.8, 4) is 39.1 Å². The Morgan fingerprint density at radius 3 is 1.40 bits per heavy atom. The van der Waals surface area contributed by atoms with Crippen molar-refractivity contribution in [3.63, 3.8) is 0 Å². The second-order valence-corrected chi connectivity index (χ2v) is 20.6. The fourth-order valence-corrected chi connectivity index (χ4v) is 15.5. The molecule has 12 rings (SSSR count). The highest BCUT2D eigenvalue weighted by molar-refractivity contribution is 7.25. The van der Waals surface area contributed by atoms with E-state index in [1.54, 1.807) is 11.3 Å². The topological polar surface area (TPSA) is 4.93 Å². The molecule has 0 N–H and O–H groups in total. The van der Waals surface area contributed by atoms with E-state index in [0.717, 1.165) is 42.8 Å². The number of hydrogen-bond donors (Lipinski definition) is 0. The van der Waals surface area contributed by atoms with Crippen molar-refractivity contribution in [1.82, 2.24) is 4.57 Å². The van der Waals surface area contributed by atoms with E-state index in [1.807, 2.05) is 108 Å². The van der Waals surface area contributed by atoms with Crippen LogP contribution in [0.1, 0.15) is 13.7 Å². The second-order valence-electron chi connectivity index (χ2n) is 15.7. The van der Waals surface area contributed by atoms with Gasteiger partial charge in [-0.2, -0.15) is 0 Å². The molecule has 0 radical (unpaired) electrons. The summed E-state index contributed by atoms with van der Waals surface area (Å²) >= 11 is 1.75. The third kappa shape index (κ3) is 6.12. The fraction of sp³-hybridized carbons (Fsp3) is 0. The van der Waals surface area contributed by atoms with Gasteiger partial charge in [-0.05, 0) is 79.4 Å². The summed E-state index contributed by atoms with van der Waals surface area (Å²) in [6, 6.07) is 58.1. The summed E-state index contributed by atoms with van der Waals surface area (Å²) in [6.07, 6.45) is 0. The van der Waals surface area contributed by atoms with Crippen LogP contribution in [0.3, 0.4) is 0 Å². The smallest absolute Gasteiger partial charge is 0.179 e. The molecule has 12 aromatic rings. The molecule has 0 bridgehead atoms. The molecular weight excluding hydrogens is 795 g/mol. The van der Waals surface area contributed by atoms with E-state index >= 15 is 0 Å². The van der Waals surface area contributed by atoms with Gasteiger partial charge in [0, 0.05) is 42.1 Å². The molecule has 0 atom stereocenters. The Morgan fingerprint density at radius 1 is 0.349 bits per heavy atom. The number of aromatic nitrogens is 1. The highest BCUT2D eigenvalue weighted by atomic mass is 32.1. The van der Waals surface area contributed by atoms with Crippen LogP contribution in [0.15, 0.2) is 248 Å². The molecule has 0 unspecified atom stereocenters. The number of rotatable bonds is 8. The zero-order valence-corrected chi connectivity index (χ0v) is 35.6. The predicted octanol–water partition coefficient (Wildman–Crippen LogP) is 13.5. The van der Waals surface area contributed by atoms with Crippen LogP contribution < -0.4 is 20.7 Å². The molecule has 0 amide bonds. The standard InChI is InChI=1S/C60H41NSSi/c1-6-20-42(21-7-1)52-40-49(63(46-24-10-3-11-25-46,47-26-12-4-13-27-47)48-28-14-5-15-29-48)41-53(43-22-8-2-9-23-43)60(52)61-56-32-18-16-30-50(56)54-38-44(34-36-57(54)61)45-35-37-59-55(39-45)51-31-17-19-33-58(51)62-59/h1-41H/i1D,2D,6D,7D,8D,9D,20D,21D,22D,23D. The van der Waals surface area contributed by atoms with Crippen LogP contribution >= 0.6 is 11.3 Å². The molecule has 63 heavy (non-hydrogen) atoms. The van der Waals surface area contributed by atoms with Crippen LogP contribution in [0.5, 0.6) is 0 Å². The normalized spacial score (nSPS) is 14.0. The number of para-hydroxylation sites is 1. The molecule has 1 nitrogen and oxygen atoms in total. The van der Waals surface area contributed by atoms with Crippen molar-refractivity contribution >= 4 is 82.1 Å². The van der Waals surface area contributed by atoms with Crippen LogP contribution in [0, 0.1) is 0 Å². The van der Waals surface area contributed by atoms with E-state index in [2.05, 4.69) is 84.9 Å². The first kappa shape index (κ1) is 28.1. The number of nitrogens with zero attached hydrogens (tertiary/aromatic N) is 1. The van der Waals surface area contributed by atoms with Crippen LogP contribution in [0.25, 0.3) is 81.0 Å². The van der Waals surface area contributed by atoms with Gasteiger partial charge in [0.2, 0.25) is 0 Å². The van der Waals surface area contributed by atoms with Gasteiger partial charge >= 0.3 is 0 Å². The Morgan fingerprint density at radius 2 is 0.810 bits per heavy atom. The zero-order valence-electron chi connectivity index (χ0n) is 43.8. The van der Waals surface area contributed by atoms with Crippen molar-refractivity contribution < 1.29 is 13.7 Å². The van der Waals surface area contributed by atoms with Crippen molar-refractivity contribution in [1.29, 1.82) is 0 Å². The lowest BCUT2D eigenvalue weighted by molar-refractivity contribution is 1.18. The maximum absolute atomic E-state index is 9.69. The van der Waals surface area contributed by atoms with Gasteiger partial charge in [0.25, 0.3) is 0 Å². The van der Waals surface area contributed by atoms with E-state index in [-0.39, 0.29) is 22.3 Å². The van der Waals surface area contributed by atoms with Gasteiger partial charge in [-0.15, -0.1) is 11.3 Å². The van der Waals surface area contributed by atoms with E-state index in [0.29, 0.717) is 21.9 Å². The SMILES string of the molecule is [2H]c1c([2H])c([2H])c(-c2cc([Si](c3ccccc3)(c3ccccc3)c3ccccc3)cc(-c3c([2H])c([2H])c([2H])c([2H])c3[2H])c2-n2c3ccccc3c3cc(-c4ccc5sc6ccccc6c5c4)ccc32)c([2H])c1[2H]. The van der Waals surface area contributed by atoms with E-state index in [1.165, 1.54) is 14.8 Å². The first-order valence-electron chi connectivity index (χ1n) is 25.8. The predicted molar refractivity (Wildman–Crippen MR) is 274 cm³/mol. The Balaban J connectivity index is 1.29. The molecule has 2 heterocycles. The lowest BCUT2D eigenvalue weighted by atomic mass is 9.95. The third-order valence-electron chi connectivity index (χ3n) is 12.3. The van der Waals surface area contributed by atoms with Gasteiger partial charge in [-0.25, -0.2) is 0 Å². The van der Waals surface area contributed by atoms with E-state index < -0.39 is 68.5 Å². The van der Waals surface area contributed by atoms with Gasteiger partial charge in [-0.3, -0.25) is 0 Å². The monoisotopic (exact) mass is 845 g/mol. The fourth-order valence-electron chi connectivity index (χ4n) is 9.61. The molecule has 3 heteroatoms. The number of fused-ring (bicyclic) bond motifs is 6.